The molecule has 2 rings (SSSR count). The van der Waals surface area contributed by atoms with E-state index in [1.807, 2.05) is 38.1 Å². The molecule has 0 amide bonds. The number of nitrogens with one attached hydrogen (secondary N) is 1. The predicted molar refractivity (Wildman–Crippen MR) is 58.8 cm³/mol. The Hall–Kier alpha value is -1.40. The molecule has 1 atom stereocenters. The maximum absolute atomic E-state index is 5.94. The van der Waals surface area contributed by atoms with Gasteiger partial charge in [0.15, 0.2) is 0 Å². The highest BCUT2D eigenvalue weighted by Gasteiger charge is 2.37. The molecule has 1 aromatic heterocycles. The standard InChI is InChI=1S/C10H17N5O/c1-7-12-13-8(16-7)9(2,3)15-6-5-10(4,11)14-15/h5-6,14H,11H2,1-4H3. The van der Waals surface area contributed by atoms with E-state index in [0.29, 0.717) is 11.8 Å². The molecule has 6 nitrogen and oxygen atoms in total. The molecule has 1 unspecified atom stereocenters. The zero-order valence-electron chi connectivity index (χ0n) is 9.98. The zero-order chi connectivity index (χ0) is 12.0. The Morgan fingerprint density at radius 3 is 2.62 bits per heavy atom. The molecule has 1 aliphatic rings. The molecule has 1 aliphatic heterocycles. The fourth-order valence-corrected chi connectivity index (χ4v) is 1.54. The van der Waals surface area contributed by atoms with Crippen molar-refractivity contribution in [1.82, 2.24) is 20.6 Å². The van der Waals surface area contributed by atoms with Gasteiger partial charge in [-0.15, -0.1) is 10.2 Å². The summed E-state index contributed by atoms with van der Waals surface area (Å²) >= 11 is 0. The van der Waals surface area contributed by atoms with Gasteiger partial charge in [-0.2, -0.15) is 0 Å². The normalized spacial score (nSPS) is 25.4. The highest BCUT2D eigenvalue weighted by molar-refractivity contribution is 5.11. The Balaban J connectivity index is 2.24. The first-order valence-corrected chi connectivity index (χ1v) is 5.17. The summed E-state index contributed by atoms with van der Waals surface area (Å²) < 4.78 is 5.45. The van der Waals surface area contributed by atoms with E-state index in [9.17, 15) is 0 Å². The lowest BCUT2D eigenvalue weighted by Gasteiger charge is -2.35. The topological polar surface area (TPSA) is 80.2 Å². The smallest absolute Gasteiger partial charge is 0.242 e. The third-order valence-electron chi connectivity index (χ3n) is 2.58. The summed E-state index contributed by atoms with van der Waals surface area (Å²) in [6.07, 6.45) is 3.78. The van der Waals surface area contributed by atoms with Crippen LogP contribution in [0, 0.1) is 6.92 Å². The Kier molecular flexibility index (Phi) is 2.28. The van der Waals surface area contributed by atoms with Gasteiger partial charge < -0.3 is 10.2 Å². The van der Waals surface area contributed by atoms with E-state index >= 15 is 0 Å². The third kappa shape index (κ3) is 1.81. The van der Waals surface area contributed by atoms with Crippen molar-refractivity contribution in [3.63, 3.8) is 0 Å². The third-order valence-corrected chi connectivity index (χ3v) is 2.58. The molecule has 0 aromatic carbocycles. The molecule has 3 N–H and O–H groups in total. The summed E-state index contributed by atoms with van der Waals surface area (Å²) in [6.45, 7) is 7.63. The van der Waals surface area contributed by atoms with Gasteiger partial charge in [-0.25, -0.2) is 5.43 Å². The second-order valence-electron chi connectivity index (χ2n) is 4.77. The molecule has 0 saturated heterocycles. The fourth-order valence-electron chi connectivity index (χ4n) is 1.54. The Morgan fingerprint density at radius 1 is 1.50 bits per heavy atom. The van der Waals surface area contributed by atoms with Crippen LogP contribution in [0.15, 0.2) is 16.7 Å². The lowest BCUT2D eigenvalue weighted by atomic mass is 10.1. The van der Waals surface area contributed by atoms with Crippen LogP contribution in [0.4, 0.5) is 0 Å². The van der Waals surface area contributed by atoms with Crippen LogP contribution in [0.1, 0.15) is 32.6 Å². The molecule has 16 heavy (non-hydrogen) atoms. The SMILES string of the molecule is Cc1nnc(C(C)(C)N2C=CC(C)(N)N2)o1. The molecule has 0 radical (unpaired) electrons. The monoisotopic (exact) mass is 223 g/mol. The van der Waals surface area contributed by atoms with Gasteiger partial charge in [0.25, 0.3) is 0 Å². The minimum absolute atomic E-state index is 0.436. The van der Waals surface area contributed by atoms with Crippen LogP contribution < -0.4 is 11.2 Å². The number of hydrogen-bond acceptors (Lipinski definition) is 6. The first kappa shape index (κ1) is 11.1. The van der Waals surface area contributed by atoms with Gasteiger partial charge in [-0.1, -0.05) is 0 Å². The quantitative estimate of drug-likeness (QED) is 0.765. The molecule has 0 fully saturated rings. The van der Waals surface area contributed by atoms with E-state index in [1.165, 1.54) is 0 Å². The van der Waals surface area contributed by atoms with E-state index in [1.54, 1.807) is 6.92 Å². The van der Waals surface area contributed by atoms with Crippen LogP contribution in [0.3, 0.4) is 0 Å². The molecule has 2 heterocycles. The van der Waals surface area contributed by atoms with Gasteiger partial charge in [-0.3, -0.25) is 5.01 Å². The van der Waals surface area contributed by atoms with Crippen molar-refractivity contribution >= 4 is 0 Å². The molecule has 0 saturated carbocycles. The van der Waals surface area contributed by atoms with Crippen LogP contribution >= 0.6 is 0 Å². The highest BCUT2D eigenvalue weighted by Crippen LogP contribution is 2.28. The van der Waals surface area contributed by atoms with E-state index < -0.39 is 11.2 Å². The second-order valence-corrected chi connectivity index (χ2v) is 4.77. The van der Waals surface area contributed by atoms with Gasteiger partial charge >= 0.3 is 0 Å². The summed E-state index contributed by atoms with van der Waals surface area (Å²) in [5, 5.41) is 9.75. The fraction of sp³-hybridized carbons (Fsp3) is 0.600. The molecule has 88 valence electrons. The number of rotatable bonds is 2. The minimum atomic E-state index is -0.535. The average Bonchev–Trinajstić information content (AvgIpc) is 2.72. The Morgan fingerprint density at radius 2 is 2.19 bits per heavy atom. The van der Waals surface area contributed by atoms with Gasteiger partial charge in [0.2, 0.25) is 11.8 Å². The Bertz CT molecular complexity index is 421. The zero-order valence-corrected chi connectivity index (χ0v) is 9.98. The lowest BCUT2D eigenvalue weighted by Crippen LogP contribution is -2.55. The average molecular weight is 223 g/mol. The second kappa shape index (κ2) is 3.29. The summed E-state index contributed by atoms with van der Waals surface area (Å²) in [5.41, 5.74) is 8.12. The maximum Gasteiger partial charge on any atom is 0.242 e. The molecule has 0 spiro atoms. The number of hydrazine groups is 1. The predicted octanol–water partition coefficient (Wildman–Crippen LogP) is 0.622. The van der Waals surface area contributed by atoms with Crippen molar-refractivity contribution in [3.8, 4) is 0 Å². The van der Waals surface area contributed by atoms with E-state index in [2.05, 4.69) is 15.6 Å². The number of nitrogens with two attached hydrogens (primary N) is 1. The molecule has 1 aromatic rings. The van der Waals surface area contributed by atoms with Crippen molar-refractivity contribution in [1.29, 1.82) is 0 Å². The van der Waals surface area contributed by atoms with Gasteiger partial charge in [0.1, 0.15) is 11.2 Å². The van der Waals surface area contributed by atoms with Crippen LogP contribution in [0.5, 0.6) is 0 Å². The summed E-state index contributed by atoms with van der Waals surface area (Å²) in [7, 11) is 0. The number of nitrogens with zero attached hydrogens (tertiary/aromatic N) is 3. The molecule has 0 bridgehead atoms. The van der Waals surface area contributed by atoms with E-state index in [-0.39, 0.29) is 0 Å². The largest absolute Gasteiger partial charge is 0.423 e. The molecule has 6 heteroatoms. The van der Waals surface area contributed by atoms with Crippen LogP contribution in [0.2, 0.25) is 0 Å². The van der Waals surface area contributed by atoms with Crippen molar-refractivity contribution < 1.29 is 4.42 Å². The first-order chi connectivity index (χ1) is 7.31. The number of hydrogen-bond donors (Lipinski definition) is 2. The van der Waals surface area contributed by atoms with Crippen molar-refractivity contribution in [3.05, 3.63) is 24.1 Å². The Labute approximate surface area is 94.5 Å². The van der Waals surface area contributed by atoms with Crippen LogP contribution in [-0.4, -0.2) is 20.9 Å². The van der Waals surface area contributed by atoms with Crippen LogP contribution in [-0.2, 0) is 5.54 Å². The minimum Gasteiger partial charge on any atom is -0.423 e. The lowest BCUT2D eigenvalue weighted by molar-refractivity contribution is 0.0776. The number of aryl methyl sites for hydroxylation is 1. The maximum atomic E-state index is 5.94. The van der Waals surface area contributed by atoms with E-state index in [0.717, 1.165) is 0 Å². The van der Waals surface area contributed by atoms with Crippen LogP contribution in [0.25, 0.3) is 0 Å². The van der Waals surface area contributed by atoms with E-state index in [4.69, 9.17) is 10.2 Å². The summed E-state index contributed by atoms with van der Waals surface area (Å²) in [5.74, 6) is 1.11. The van der Waals surface area contributed by atoms with Gasteiger partial charge in [0.05, 0.1) is 0 Å². The molecular formula is C10H17N5O. The van der Waals surface area contributed by atoms with Gasteiger partial charge in [0, 0.05) is 13.1 Å². The highest BCUT2D eigenvalue weighted by atomic mass is 16.4. The molecule has 0 aliphatic carbocycles. The van der Waals surface area contributed by atoms with Crippen molar-refractivity contribution in [2.45, 2.75) is 38.9 Å². The summed E-state index contributed by atoms with van der Waals surface area (Å²) in [4.78, 5) is 0. The van der Waals surface area contributed by atoms with Crippen molar-refractivity contribution in [2.75, 3.05) is 0 Å². The number of aromatic nitrogens is 2. The summed E-state index contributed by atoms with van der Waals surface area (Å²) in [6, 6.07) is 0. The van der Waals surface area contributed by atoms with Crippen molar-refractivity contribution in [2.24, 2.45) is 5.73 Å². The molecular weight excluding hydrogens is 206 g/mol. The van der Waals surface area contributed by atoms with Gasteiger partial charge in [-0.05, 0) is 26.8 Å². The first-order valence-electron chi connectivity index (χ1n) is 5.17.